The first-order chi connectivity index (χ1) is 5.25. The second-order valence-corrected chi connectivity index (χ2v) is 2.47. The van der Waals surface area contributed by atoms with Gasteiger partial charge < -0.3 is 15.4 Å². The molecule has 1 rings (SSSR count). The lowest BCUT2D eigenvalue weighted by molar-refractivity contribution is 0.143. The zero-order valence-electron chi connectivity index (χ0n) is 6.40. The van der Waals surface area contributed by atoms with Crippen LogP contribution in [-0.2, 0) is 0 Å². The van der Waals surface area contributed by atoms with Gasteiger partial charge in [0.05, 0.1) is 12.3 Å². The highest BCUT2D eigenvalue weighted by Gasteiger charge is 2.16. The summed E-state index contributed by atoms with van der Waals surface area (Å²) in [5.74, 6) is 0. The van der Waals surface area contributed by atoms with Crippen LogP contribution in [0.3, 0.4) is 0 Å². The molecule has 1 heterocycles. The molecule has 0 aliphatic rings. The van der Waals surface area contributed by atoms with Gasteiger partial charge in [-0.3, -0.25) is 0 Å². The number of rotatable bonds is 3. The number of aromatic nitrogens is 1. The van der Waals surface area contributed by atoms with Crippen LogP contribution >= 0.6 is 0 Å². The Bertz CT molecular complexity index is 198. The molecule has 0 spiro atoms. The molecule has 2 atom stereocenters. The Morgan fingerprint density at radius 1 is 1.82 bits per heavy atom. The summed E-state index contributed by atoms with van der Waals surface area (Å²) in [7, 11) is 0. The Balaban J connectivity index is 2.62. The minimum Gasteiger partial charge on any atom is -0.387 e. The van der Waals surface area contributed by atoms with Crippen molar-refractivity contribution in [1.29, 1.82) is 0 Å². The van der Waals surface area contributed by atoms with E-state index >= 15 is 0 Å². The fraction of sp³-hybridized carbons (Fsp3) is 0.571. The van der Waals surface area contributed by atoms with Crippen LogP contribution in [0.4, 0.5) is 0 Å². The summed E-state index contributed by atoms with van der Waals surface area (Å²) in [5.41, 5.74) is 6.23. The van der Waals surface area contributed by atoms with Gasteiger partial charge in [-0.15, -0.1) is 0 Å². The van der Waals surface area contributed by atoms with Crippen molar-refractivity contribution in [2.45, 2.75) is 25.5 Å². The summed E-state index contributed by atoms with van der Waals surface area (Å²) < 4.78 is 4.56. The van der Waals surface area contributed by atoms with Crippen molar-refractivity contribution < 1.29 is 9.63 Å². The highest BCUT2D eigenvalue weighted by atomic mass is 16.5. The standard InChI is InChI=1S/C7H12N2O2/c1-2-6(8)7(10)5-3-9-11-4-5/h3-4,6-7,10H,2,8H2,1H3. The number of nitrogens with two attached hydrogens (primary N) is 1. The molecule has 0 bridgehead atoms. The first-order valence-corrected chi connectivity index (χ1v) is 3.58. The van der Waals surface area contributed by atoms with E-state index in [1.165, 1.54) is 12.5 Å². The maximum atomic E-state index is 9.45. The number of hydrogen-bond acceptors (Lipinski definition) is 4. The minimum absolute atomic E-state index is 0.241. The molecule has 3 N–H and O–H groups in total. The average molecular weight is 156 g/mol. The lowest BCUT2D eigenvalue weighted by Crippen LogP contribution is -2.26. The largest absolute Gasteiger partial charge is 0.387 e. The minimum atomic E-state index is -0.661. The predicted octanol–water partition coefficient (Wildman–Crippen LogP) is 0.445. The van der Waals surface area contributed by atoms with Crippen LogP contribution < -0.4 is 5.73 Å². The molecule has 0 radical (unpaired) electrons. The molecule has 4 heteroatoms. The van der Waals surface area contributed by atoms with E-state index in [0.29, 0.717) is 5.56 Å². The van der Waals surface area contributed by atoms with Crippen molar-refractivity contribution in [2.24, 2.45) is 5.73 Å². The normalized spacial score (nSPS) is 16.3. The molecule has 0 aliphatic carbocycles. The van der Waals surface area contributed by atoms with Crippen molar-refractivity contribution in [3.8, 4) is 0 Å². The quantitative estimate of drug-likeness (QED) is 0.666. The summed E-state index contributed by atoms with van der Waals surface area (Å²) in [4.78, 5) is 0. The van der Waals surface area contributed by atoms with Gasteiger partial charge in [-0.1, -0.05) is 12.1 Å². The van der Waals surface area contributed by atoms with Gasteiger partial charge in [-0.25, -0.2) is 0 Å². The first-order valence-electron chi connectivity index (χ1n) is 3.58. The molecular formula is C7H12N2O2. The molecule has 4 nitrogen and oxygen atoms in total. The second-order valence-electron chi connectivity index (χ2n) is 2.47. The third-order valence-electron chi connectivity index (χ3n) is 1.67. The van der Waals surface area contributed by atoms with Crippen LogP contribution in [0.15, 0.2) is 17.0 Å². The molecule has 1 aromatic rings. The highest BCUT2D eigenvalue weighted by molar-refractivity contribution is 5.07. The Morgan fingerprint density at radius 2 is 2.55 bits per heavy atom. The Labute approximate surface area is 65.0 Å². The molecule has 0 saturated carbocycles. The molecule has 11 heavy (non-hydrogen) atoms. The Morgan fingerprint density at radius 3 is 3.00 bits per heavy atom. The Hall–Kier alpha value is -0.870. The van der Waals surface area contributed by atoms with Crippen molar-refractivity contribution in [2.75, 3.05) is 0 Å². The smallest absolute Gasteiger partial charge is 0.129 e. The van der Waals surface area contributed by atoms with E-state index in [-0.39, 0.29) is 6.04 Å². The summed E-state index contributed by atoms with van der Waals surface area (Å²) in [6.07, 6.45) is 2.94. The van der Waals surface area contributed by atoms with E-state index in [1.54, 1.807) is 0 Å². The summed E-state index contributed by atoms with van der Waals surface area (Å²) in [5, 5.41) is 12.9. The van der Waals surface area contributed by atoms with Gasteiger partial charge in [0.2, 0.25) is 0 Å². The fourth-order valence-corrected chi connectivity index (χ4v) is 0.830. The summed E-state index contributed by atoms with van der Waals surface area (Å²) in [6.45, 7) is 1.92. The van der Waals surface area contributed by atoms with Crippen molar-refractivity contribution in [3.63, 3.8) is 0 Å². The maximum Gasteiger partial charge on any atom is 0.129 e. The number of hydrogen-bond donors (Lipinski definition) is 2. The first kappa shape index (κ1) is 8.23. The fourth-order valence-electron chi connectivity index (χ4n) is 0.830. The van der Waals surface area contributed by atoms with Gasteiger partial charge in [0.25, 0.3) is 0 Å². The van der Waals surface area contributed by atoms with Gasteiger partial charge in [0.15, 0.2) is 0 Å². The van der Waals surface area contributed by atoms with Crippen LogP contribution in [0.25, 0.3) is 0 Å². The van der Waals surface area contributed by atoms with Crippen LogP contribution in [0.2, 0.25) is 0 Å². The van der Waals surface area contributed by atoms with Gasteiger partial charge >= 0.3 is 0 Å². The van der Waals surface area contributed by atoms with E-state index in [9.17, 15) is 5.11 Å². The van der Waals surface area contributed by atoms with E-state index in [1.807, 2.05) is 6.92 Å². The molecule has 0 saturated heterocycles. The third-order valence-corrected chi connectivity index (χ3v) is 1.67. The van der Waals surface area contributed by atoms with Crippen LogP contribution in [0, 0.1) is 0 Å². The van der Waals surface area contributed by atoms with Gasteiger partial charge in [-0.05, 0) is 6.42 Å². The van der Waals surface area contributed by atoms with Crippen LogP contribution in [0.1, 0.15) is 25.0 Å². The van der Waals surface area contributed by atoms with E-state index in [4.69, 9.17) is 5.73 Å². The average Bonchev–Trinajstić information content (AvgIpc) is 2.53. The van der Waals surface area contributed by atoms with Crippen LogP contribution in [-0.4, -0.2) is 16.3 Å². The van der Waals surface area contributed by atoms with Gasteiger partial charge in [-0.2, -0.15) is 0 Å². The molecule has 62 valence electrons. The zero-order chi connectivity index (χ0) is 8.27. The maximum absolute atomic E-state index is 9.45. The number of aliphatic hydroxyl groups excluding tert-OH is 1. The third kappa shape index (κ3) is 1.78. The number of aliphatic hydroxyl groups is 1. The number of nitrogens with zero attached hydrogens (tertiary/aromatic N) is 1. The highest BCUT2D eigenvalue weighted by Crippen LogP contribution is 2.15. The van der Waals surface area contributed by atoms with E-state index in [0.717, 1.165) is 6.42 Å². The predicted molar refractivity (Wildman–Crippen MR) is 39.7 cm³/mol. The lowest BCUT2D eigenvalue weighted by atomic mass is 10.1. The molecule has 0 amide bonds. The van der Waals surface area contributed by atoms with Gasteiger partial charge in [0, 0.05) is 11.6 Å². The van der Waals surface area contributed by atoms with Crippen molar-refractivity contribution >= 4 is 0 Å². The molecular weight excluding hydrogens is 144 g/mol. The SMILES string of the molecule is CCC(N)C(O)c1cnoc1. The summed E-state index contributed by atoms with van der Waals surface area (Å²) >= 11 is 0. The van der Waals surface area contributed by atoms with Crippen LogP contribution in [0.5, 0.6) is 0 Å². The topological polar surface area (TPSA) is 72.3 Å². The van der Waals surface area contributed by atoms with E-state index in [2.05, 4.69) is 9.68 Å². The van der Waals surface area contributed by atoms with Crippen molar-refractivity contribution in [3.05, 3.63) is 18.0 Å². The molecule has 2 unspecified atom stereocenters. The second kappa shape index (κ2) is 3.50. The molecule has 0 aromatic carbocycles. The molecule has 0 fully saturated rings. The monoisotopic (exact) mass is 156 g/mol. The zero-order valence-corrected chi connectivity index (χ0v) is 6.40. The Kier molecular flexibility index (Phi) is 2.62. The summed E-state index contributed by atoms with van der Waals surface area (Å²) in [6, 6.07) is -0.241. The van der Waals surface area contributed by atoms with Gasteiger partial charge in [0.1, 0.15) is 6.26 Å². The molecule has 1 aromatic heterocycles. The van der Waals surface area contributed by atoms with E-state index < -0.39 is 6.10 Å². The lowest BCUT2D eigenvalue weighted by Gasteiger charge is -2.14. The molecule has 0 aliphatic heterocycles. The van der Waals surface area contributed by atoms with Crippen molar-refractivity contribution in [1.82, 2.24) is 5.16 Å².